The van der Waals surface area contributed by atoms with Crippen LogP contribution in [0.1, 0.15) is 27.7 Å². The first-order valence-corrected chi connectivity index (χ1v) is 6.70. The second-order valence-corrected chi connectivity index (χ2v) is 7.93. The van der Waals surface area contributed by atoms with E-state index >= 15 is 0 Å². The molecule has 1 aromatic rings. The fourth-order valence-corrected chi connectivity index (χ4v) is 5.21. The molecule has 0 radical (unpaired) electrons. The van der Waals surface area contributed by atoms with Gasteiger partial charge in [0.1, 0.15) is 0 Å². The molecule has 0 bridgehead atoms. The van der Waals surface area contributed by atoms with E-state index in [2.05, 4.69) is 52.0 Å². The molecule has 0 aliphatic carbocycles. The van der Waals surface area contributed by atoms with Crippen molar-refractivity contribution in [1.29, 1.82) is 1.23 Å². The third kappa shape index (κ3) is 2.70. The van der Waals surface area contributed by atoms with Crippen LogP contribution in [0.15, 0.2) is 30.3 Å². The van der Waals surface area contributed by atoms with Gasteiger partial charge in [0.05, 0.1) is 8.73 Å². The van der Waals surface area contributed by atoms with Crippen LogP contribution < -0.4 is 5.19 Å². The molecule has 0 saturated heterocycles. The molecule has 1 rings (SSSR count). The summed E-state index contributed by atoms with van der Waals surface area (Å²) in [5, 5.41) is 1.27. The number of hydrogen-bond acceptors (Lipinski definition) is 0. The van der Waals surface area contributed by atoms with Gasteiger partial charge in [0.15, 0.2) is 0 Å². The lowest BCUT2D eigenvalue weighted by Gasteiger charge is -2.23. The van der Waals surface area contributed by atoms with Crippen molar-refractivity contribution in [2.75, 3.05) is 0 Å². The zero-order chi connectivity index (χ0) is 10.8. The molecule has 0 unspecified atom stereocenters. The van der Waals surface area contributed by atoms with E-state index in [0.717, 1.165) is 0 Å². The van der Waals surface area contributed by atoms with Crippen LogP contribution in [0.3, 0.4) is 0 Å². The summed E-state index contributed by atoms with van der Waals surface area (Å²) in [6, 6.07) is 10.4. The van der Waals surface area contributed by atoms with Gasteiger partial charge in [-0.2, -0.15) is 0 Å². The molecular weight excluding hydrogens is 172 g/mol. The quantitative estimate of drug-likeness (QED) is 0.648. The maximum absolute atomic E-state index is 8.71. The maximum atomic E-state index is 8.71. The zero-order valence-electron chi connectivity index (χ0n) is 10.0. The SMILES string of the molecule is [2H][Si](c1ccccc1)(C(C)C)C(C)C. The van der Waals surface area contributed by atoms with Gasteiger partial charge in [-0.15, -0.1) is 0 Å². The largest absolute Gasteiger partial charge is 0.0758 e. The molecule has 13 heavy (non-hydrogen) atoms. The molecule has 1 heteroatoms. The van der Waals surface area contributed by atoms with Crippen LogP contribution >= 0.6 is 0 Å². The van der Waals surface area contributed by atoms with Gasteiger partial charge in [0.2, 0.25) is 0 Å². The van der Waals surface area contributed by atoms with Crippen LogP contribution in [0.4, 0.5) is 0 Å². The molecule has 0 fully saturated rings. The van der Waals surface area contributed by atoms with E-state index in [1.807, 2.05) is 6.07 Å². The van der Waals surface area contributed by atoms with Crippen LogP contribution in [0.5, 0.6) is 0 Å². The Morgan fingerprint density at radius 2 is 1.46 bits per heavy atom. The van der Waals surface area contributed by atoms with Crippen LogP contribution in [0.2, 0.25) is 11.1 Å². The fourth-order valence-electron chi connectivity index (χ4n) is 1.96. The summed E-state index contributed by atoms with van der Waals surface area (Å²) in [6.07, 6.45) is 0. The number of benzene rings is 1. The van der Waals surface area contributed by atoms with Crippen LogP contribution in [0.25, 0.3) is 0 Å². The van der Waals surface area contributed by atoms with E-state index in [-0.39, 0.29) is 0 Å². The number of rotatable bonds is 3. The van der Waals surface area contributed by atoms with Crippen molar-refractivity contribution in [3.05, 3.63) is 30.3 Å². The second-order valence-electron chi connectivity index (χ2n) is 4.13. The molecule has 0 N–H and O–H groups in total. The predicted octanol–water partition coefficient (Wildman–Crippen LogP) is 2.94. The summed E-state index contributed by atoms with van der Waals surface area (Å²) in [4.78, 5) is 0. The Labute approximate surface area is 84.8 Å². The van der Waals surface area contributed by atoms with Crippen LogP contribution in [-0.2, 0) is 0 Å². The number of hydrogen-bond donors (Lipinski definition) is 0. The first kappa shape index (κ1) is 9.01. The smallest absolute Gasteiger partial charge is 0.0651 e. The average molecular weight is 193 g/mol. The minimum absolute atomic E-state index is 0.477. The zero-order valence-corrected chi connectivity index (χ0v) is 10.0. The van der Waals surface area contributed by atoms with E-state index in [1.165, 1.54) is 5.19 Å². The van der Waals surface area contributed by atoms with Crippen molar-refractivity contribution >= 4 is 13.9 Å². The molecule has 0 aromatic heterocycles. The van der Waals surface area contributed by atoms with Gasteiger partial charge in [0, 0.05) is 1.23 Å². The molecule has 0 aliphatic heterocycles. The van der Waals surface area contributed by atoms with Gasteiger partial charge in [-0.05, 0) is 11.1 Å². The highest BCUT2D eigenvalue weighted by Gasteiger charge is 2.20. The first-order valence-electron chi connectivity index (χ1n) is 5.55. The summed E-state index contributed by atoms with van der Waals surface area (Å²) in [6.45, 7) is 8.75. The van der Waals surface area contributed by atoms with Gasteiger partial charge < -0.3 is 0 Å². The molecule has 0 aliphatic rings. The third-order valence-corrected chi connectivity index (χ3v) is 5.84. The van der Waals surface area contributed by atoms with Crippen molar-refractivity contribution in [2.24, 2.45) is 0 Å². The molecule has 0 heterocycles. The summed E-state index contributed by atoms with van der Waals surface area (Å²) in [5.41, 5.74) is 0.954. The summed E-state index contributed by atoms with van der Waals surface area (Å²) >= 11 is 0. The minimum atomic E-state index is -2.03. The highest BCUT2D eigenvalue weighted by Crippen LogP contribution is 2.19. The van der Waals surface area contributed by atoms with Gasteiger partial charge in [-0.3, -0.25) is 0 Å². The summed E-state index contributed by atoms with van der Waals surface area (Å²) < 4.78 is 8.71. The highest BCUT2D eigenvalue weighted by molar-refractivity contribution is 6.75. The predicted molar refractivity (Wildman–Crippen MR) is 63.4 cm³/mol. The van der Waals surface area contributed by atoms with Crippen LogP contribution in [0, 0.1) is 0 Å². The lowest BCUT2D eigenvalue weighted by atomic mass is 10.4. The first-order chi connectivity index (χ1) is 6.49. The topological polar surface area (TPSA) is 0 Å². The molecular formula is C12H20Si. The van der Waals surface area contributed by atoms with Gasteiger partial charge >= 0.3 is 0 Å². The van der Waals surface area contributed by atoms with Crippen molar-refractivity contribution in [3.63, 3.8) is 0 Å². The normalized spacial score (nSPS) is 13.5. The molecule has 0 nitrogen and oxygen atoms in total. The van der Waals surface area contributed by atoms with Crippen molar-refractivity contribution in [2.45, 2.75) is 38.8 Å². The molecule has 0 amide bonds. The Bertz CT molecular complexity index is 272. The lowest BCUT2D eigenvalue weighted by Crippen LogP contribution is -2.35. The van der Waals surface area contributed by atoms with E-state index in [9.17, 15) is 0 Å². The average Bonchev–Trinajstić information content (AvgIpc) is 2.17. The van der Waals surface area contributed by atoms with E-state index in [0.29, 0.717) is 11.1 Å². The Morgan fingerprint density at radius 1 is 1.00 bits per heavy atom. The van der Waals surface area contributed by atoms with Gasteiger partial charge in [0.25, 0.3) is 0 Å². The Hall–Kier alpha value is -0.563. The third-order valence-electron chi connectivity index (χ3n) is 2.35. The van der Waals surface area contributed by atoms with E-state index < -0.39 is 8.73 Å². The second kappa shape index (κ2) is 4.61. The van der Waals surface area contributed by atoms with Crippen molar-refractivity contribution in [1.82, 2.24) is 0 Å². The van der Waals surface area contributed by atoms with Crippen LogP contribution in [-0.4, -0.2) is 9.96 Å². The standard InChI is InChI=1S/C12H20Si/c1-10(2)13(11(3)4)12-8-6-5-7-9-12/h5-11,13H,1-4H3/i13D. The maximum Gasteiger partial charge on any atom is 0.0758 e. The Kier molecular flexibility index (Phi) is 3.20. The molecule has 72 valence electrons. The van der Waals surface area contributed by atoms with Gasteiger partial charge in [-0.1, -0.05) is 63.2 Å². The minimum Gasteiger partial charge on any atom is -0.0651 e. The van der Waals surface area contributed by atoms with E-state index in [1.54, 1.807) is 0 Å². The van der Waals surface area contributed by atoms with Crippen molar-refractivity contribution in [3.8, 4) is 0 Å². The molecule has 0 saturated carbocycles. The Morgan fingerprint density at radius 3 is 1.85 bits per heavy atom. The van der Waals surface area contributed by atoms with Crippen molar-refractivity contribution < 1.29 is 0 Å². The molecule has 1 aromatic carbocycles. The molecule has 0 atom stereocenters. The lowest BCUT2D eigenvalue weighted by molar-refractivity contribution is 0.951. The fraction of sp³-hybridized carbons (Fsp3) is 0.500. The summed E-state index contributed by atoms with van der Waals surface area (Å²) in [5.74, 6) is 0. The monoisotopic (exact) mass is 193 g/mol. The Balaban J connectivity index is 3.13. The van der Waals surface area contributed by atoms with Gasteiger partial charge in [-0.25, -0.2) is 0 Å². The highest BCUT2D eigenvalue weighted by atomic mass is 28.3. The molecule has 0 spiro atoms. The summed E-state index contributed by atoms with van der Waals surface area (Å²) in [7, 11) is -2.03. The van der Waals surface area contributed by atoms with E-state index in [4.69, 9.17) is 1.23 Å².